The maximum atomic E-state index is 12.5. The van der Waals surface area contributed by atoms with E-state index in [9.17, 15) is 19.2 Å². The molecule has 0 aromatic heterocycles. The second kappa shape index (κ2) is 14.9. The summed E-state index contributed by atoms with van der Waals surface area (Å²) in [6.07, 6.45) is -1.62. The van der Waals surface area contributed by atoms with Crippen LogP contribution >= 0.6 is 0 Å². The van der Waals surface area contributed by atoms with Crippen LogP contribution in [-0.4, -0.2) is 69.3 Å². The monoisotopic (exact) mass is 569 g/mol. The molecule has 0 fully saturated rings. The summed E-state index contributed by atoms with van der Waals surface area (Å²) in [5.41, 5.74) is 4.51. The molecule has 0 saturated carbocycles. The van der Waals surface area contributed by atoms with Gasteiger partial charge >= 0.3 is 24.2 Å². The molecule has 11 nitrogen and oxygen atoms in total. The number of rotatable bonds is 12. The van der Waals surface area contributed by atoms with Crippen LogP contribution in [0.25, 0.3) is 11.1 Å². The number of benzene rings is 2. The number of amides is 3. The van der Waals surface area contributed by atoms with E-state index in [1.807, 2.05) is 50.2 Å². The number of esters is 1. The molecule has 0 saturated heterocycles. The van der Waals surface area contributed by atoms with Gasteiger partial charge in [-0.15, -0.1) is 0 Å². The summed E-state index contributed by atoms with van der Waals surface area (Å²) in [7, 11) is 1.22. The van der Waals surface area contributed by atoms with E-state index in [1.165, 1.54) is 14.0 Å². The molecule has 0 aliphatic heterocycles. The molecule has 0 bridgehead atoms. The number of hydrogen-bond acceptors (Lipinski definition) is 8. The molecule has 0 heterocycles. The lowest BCUT2D eigenvalue weighted by Crippen LogP contribution is -2.44. The summed E-state index contributed by atoms with van der Waals surface area (Å²) in [5.74, 6) is -0.477. The van der Waals surface area contributed by atoms with Crippen LogP contribution in [0.4, 0.5) is 14.4 Å². The first kappa shape index (κ1) is 31.3. The first-order chi connectivity index (χ1) is 19.6. The molecule has 3 amide bonds. The van der Waals surface area contributed by atoms with E-state index in [4.69, 9.17) is 14.2 Å². The summed E-state index contributed by atoms with van der Waals surface area (Å²) in [6, 6.07) is 14.2. The van der Waals surface area contributed by atoms with Crippen LogP contribution in [0.1, 0.15) is 51.2 Å². The van der Waals surface area contributed by atoms with E-state index in [1.54, 1.807) is 6.92 Å². The molecule has 222 valence electrons. The fourth-order valence-corrected chi connectivity index (χ4v) is 4.66. The summed E-state index contributed by atoms with van der Waals surface area (Å²) in [4.78, 5) is 48.4. The van der Waals surface area contributed by atoms with Gasteiger partial charge in [0.25, 0.3) is 0 Å². The number of ether oxygens (including phenoxy) is 4. The summed E-state index contributed by atoms with van der Waals surface area (Å²) >= 11 is 0. The van der Waals surface area contributed by atoms with Crippen molar-refractivity contribution in [1.29, 1.82) is 0 Å². The second-order valence-electron chi connectivity index (χ2n) is 10.4. The fraction of sp³-hybridized carbons (Fsp3) is 0.467. The van der Waals surface area contributed by atoms with Crippen molar-refractivity contribution >= 4 is 24.2 Å². The van der Waals surface area contributed by atoms with Gasteiger partial charge < -0.3 is 34.9 Å². The van der Waals surface area contributed by atoms with Crippen molar-refractivity contribution in [3.63, 3.8) is 0 Å². The van der Waals surface area contributed by atoms with Crippen LogP contribution in [0.15, 0.2) is 48.5 Å². The van der Waals surface area contributed by atoms with Crippen LogP contribution in [0.2, 0.25) is 0 Å². The highest BCUT2D eigenvalue weighted by molar-refractivity contribution is 5.81. The number of hydrogen-bond donors (Lipinski definition) is 3. The van der Waals surface area contributed by atoms with E-state index < -0.39 is 42.4 Å². The van der Waals surface area contributed by atoms with Crippen LogP contribution in [0.3, 0.4) is 0 Å². The molecular formula is C30H39N3O8. The zero-order valence-electron chi connectivity index (χ0n) is 24.1. The number of methoxy groups -OCH3 is 1. The molecule has 11 heteroatoms. The van der Waals surface area contributed by atoms with E-state index in [2.05, 4.69) is 32.8 Å². The molecule has 1 aliphatic rings. The molecule has 0 spiro atoms. The first-order valence-corrected chi connectivity index (χ1v) is 13.6. The van der Waals surface area contributed by atoms with E-state index in [-0.39, 0.29) is 31.7 Å². The topological polar surface area (TPSA) is 141 Å². The number of carbonyl (C=O) groups excluding carboxylic acids is 4. The van der Waals surface area contributed by atoms with Gasteiger partial charge in [-0.2, -0.15) is 0 Å². The average Bonchev–Trinajstić information content (AvgIpc) is 3.26. The van der Waals surface area contributed by atoms with E-state index >= 15 is 0 Å². The molecule has 0 radical (unpaired) electrons. The van der Waals surface area contributed by atoms with Crippen molar-refractivity contribution in [2.75, 3.05) is 26.9 Å². The number of alkyl carbamates (subject to hydrolysis) is 3. The zero-order valence-corrected chi connectivity index (χ0v) is 24.1. The van der Waals surface area contributed by atoms with Crippen LogP contribution in [-0.2, 0) is 23.7 Å². The summed E-state index contributed by atoms with van der Waals surface area (Å²) < 4.78 is 20.5. The molecule has 2 aromatic rings. The molecule has 0 unspecified atom stereocenters. The van der Waals surface area contributed by atoms with E-state index in [0.717, 1.165) is 22.3 Å². The average molecular weight is 570 g/mol. The lowest BCUT2D eigenvalue weighted by Gasteiger charge is -2.22. The van der Waals surface area contributed by atoms with Gasteiger partial charge in [-0.05, 0) is 48.4 Å². The Balaban J connectivity index is 1.42. The first-order valence-electron chi connectivity index (χ1n) is 13.6. The molecule has 2 aromatic carbocycles. The maximum absolute atomic E-state index is 12.5. The Morgan fingerprint density at radius 2 is 1.27 bits per heavy atom. The third kappa shape index (κ3) is 9.12. The minimum Gasteiger partial charge on any atom is -0.467 e. The quantitative estimate of drug-likeness (QED) is 0.253. The van der Waals surface area contributed by atoms with Gasteiger partial charge in [0.05, 0.1) is 19.2 Å². The Morgan fingerprint density at radius 3 is 1.85 bits per heavy atom. The Labute approximate surface area is 240 Å². The smallest absolute Gasteiger partial charge is 0.407 e. The second-order valence-corrected chi connectivity index (χ2v) is 10.4. The molecule has 3 atom stereocenters. The van der Waals surface area contributed by atoms with Crippen LogP contribution < -0.4 is 16.0 Å². The fourth-order valence-electron chi connectivity index (χ4n) is 4.66. The largest absolute Gasteiger partial charge is 0.467 e. The standard InChI is InChI=1S/C30H39N3O8/c1-18(2)14-21(16-40-29(36)32-20(4)27(34)38-5)33-30(37)39-15-19(3)31-28(35)41-17-26-24-12-8-6-10-22(24)23-11-7-9-13-25(23)26/h6-13,18-21,26H,14-17H2,1-5H3,(H,31,35)(H,32,36)(H,33,37)/t19-,20-,21-/m0/s1. The highest BCUT2D eigenvalue weighted by atomic mass is 16.6. The van der Waals surface area contributed by atoms with Gasteiger partial charge in [0.2, 0.25) is 0 Å². The predicted octanol–water partition coefficient (Wildman–Crippen LogP) is 4.34. The van der Waals surface area contributed by atoms with Gasteiger partial charge in [-0.25, -0.2) is 19.2 Å². The zero-order chi connectivity index (χ0) is 29.9. The van der Waals surface area contributed by atoms with Crippen molar-refractivity contribution in [1.82, 2.24) is 16.0 Å². The highest BCUT2D eigenvalue weighted by Gasteiger charge is 2.29. The third-order valence-electron chi connectivity index (χ3n) is 6.55. The molecule has 41 heavy (non-hydrogen) atoms. The maximum Gasteiger partial charge on any atom is 0.407 e. The number of fused-ring (bicyclic) bond motifs is 3. The van der Waals surface area contributed by atoms with E-state index in [0.29, 0.717) is 6.42 Å². The Bertz CT molecular complexity index is 1170. The predicted molar refractivity (Wildman–Crippen MR) is 151 cm³/mol. The Morgan fingerprint density at radius 1 is 0.732 bits per heavy atom. The van der Waals surface area contributed by atoms with Crippen molar-refractivity contribution in [2.24, 2.45) is 5.92 Å². The highest BCUT2D eigenvalue weighted by Crippen LogP contribution is 2.44. The van der Waals surface area contributed by atoms with Crippen molar-refractivity contribution in [3.05, 3.63) is 59.7 Å². The normalized spacial score (nSPS) is 14.1. The van der Waals surface area contributed by atoms with Crippen molar-refractivity contribution in [2.45, 2.75) is 58.2 Å². The van der Waals surface area contributed by atoms with Crippen molar-refractivity contribution < 1.29 is 38.1 Å². The Kier molecular flexibility index (Phi) is 11.4. The van der Waals surface area contributed by atoms with Crippen molar-refractivity contribution in [3.8, 4) is 11.1 Å². The summed E-state index contributed by atoms with van der Waals surface area (Å²) in [5, 5.41) is 7.72. The molecule has 1 aliphatic carbocycles. The van der Waals surface area contributed by atoms with Gasteiger partial charge in [0, 0.05) is 5.92 Å². The number of nitrogens with one attached hydrogen (secondary N) is 3. The van der Waals surface area contributed by atoms with Gasteiger partial charge in [-0.3, -0.25) is 0 Å². The summed E-state index contributed by atoms with van der Waals surface area (Å²) in [6.45, 7) is 7.03. The van der Waals surface area contributed by atoms with Crippen LogP contribution in [0, 0.1) is 5.92 Å². The Hall–Kier alpha value is -4.28. The molecule has 3 rings (SSSR count). The lowest BCUT2D eigenvalue weighted by atomic mass is 9.98. The van der Waals surface area contributed by atoms with Gasteiger partial charge in [-0.1, -0.05) is 62.4 Å². The SMILES string of the molecule is COC(=O)[C@H](C)NC(=O)OC[C@H](CC(C)C)NC(=O)OC[C@H](C)NC(=O)OCC1c2ccccc2-c2ccccc21. The minimum atomic E-state index is -0.876. The molecular weight excluding hydrogens is 530 g/mol. The molecule has 3 N–H and O–H groups in total. The lowest BCUT2D eigenvalue weighted by molar-refractivity contribution is -0.142. The van der Waals surface area contributed by atoms with Gasteiger partial charge in [0.15, 0.2) is 0 Å². The minimum absolute atomic E-state index is 0.0589. The third-order valence-corrected chi connectivity index (χ3v) is 6.55. The van der Waals surface area contributed by atoms with Crippen LogP contribution in [0.5, 0.6) is 0 Å². The number of carbonyl (C=O) groups is 4. The van der Waals surface area contributed by atoms with Gasteiger partial charge in [0.1, 0.15) is 25.9 Å².